The zero-order valence-electron chi connectivity index (χ0n) is 17.3. The van der Waals surface area contributed by atoms with Gasteiger partial charge in [-0.1, -0.05) is 25.1 Å². The second kappa shape index (κ2) is 9.73. The molecule has 0 aliphatic rings. The maximum absolute atomic E-state index is 12.4. The van der Waals surface area contributed by atoms with Gasteiger partial charge >= 0.3 is 5.97 Å². The van der Waals surface area contributed by atoms with Crippen LogP contribution in [0.25, 0.3) is 10.9 Å². The van der Waals surface area contributed by atoms with Crippen LogP contribution in [0.15, 0.2) is 53.6 Å². The summed E-state index contributed by atoms with van der Waals surface area (Å²) in [6.07, 6.45) is 2.52. The molecule has 3 rings (SSSR count). The van der Waals surface area contributed by atoms with Gasteiger partial charge in [0.05, 0.1) is 19.9 Å². The van der Waals surface area contributed by atoms with Crippen molar-refractivity contribution in [2.75, 3.05) is 13.7 Å². The minimum absolute atomic E-state index is 0.107. The molecule has 1 heterocycles. The van der Waals surface area contributed by atoms with Crippen LogP contribution < -0.4 is 10.2 Å². The SMILES string of the molecule is CCCOc1ccc(C(=O)N/N=C\c2c(C)n(CC(=O)OC)c3ccccc23)cc1. The van der Waals surface area contributed by atoms with Gasteiger partial charge in [0.2, 0.25) is 0 Å². The molecule has 1 N–H and O–H groups in total. The molecule has 0 atom stereocenters. The number of hydrogen-bond acceptors (Lipinski definition) is 5. The molecule has 0 unspecified atom stereocenters. The van der Waals surface area contributed by atoms with Gasteiger partial charge in [-0.05, 0) is 43.7 Å². The van der Waals surface area contributed by atoms with Crippen molar-refractivity contribution in [2.45, 2.75) is 26.8 Å². The fourth-order valence-corrected chi connectivity index (χ4v) is 3.16. The van der Waals surface area contributed by atoms with Crippen molar-refractivity contribution in [3.05, 3.63) is 65.4 Å². The average molecular weight is 407 g/mol. The summed E-state index contributed by atoms with van der Waals surface area (Å²) < 4.78 is 12.2. The second-order valence-corrected chi connectivity index (χ2v) is 6.75. The van der Waals surface area contributed by atoms with Crippen LogP contribution in [-0.2, 0) is 16.1 Å². The van der Waals surface area contributed by atoms with Crippen molar-refractivity contribution in [1.29, 1.82) is 0 Å². The van der Waals surface area contributed by atoms with Gasteiger partial charge in [0, 0.05) is 27.7 Å². The van der Waals surface area contributed by atoms with E-state index < -0.39 is 0 Å². The summed E-state index contributed by atoms with van der Waals surface area (Å²) in [5, 5.41) is 5.07. The molecule has 7 nitrogen and oxygen atoms in total. The molecule has 0 spiro atoms. The number of nitrogens with one attached hydrogen (secondary N) is 1. The fraction of sp³-hybridized carbons (Fsp3) is 0.261. The summed E-state index contributed by atoms with van der Waals surface area (Å²) in [6.45, 7) is 4.68. The molecule has 0 aliphatic heterocycles. The molecule has 0 radical (unpaired) electrons. The smallest absolute Gasteiger partial charge is 0.325 e. The van der Waals surface area contributed by atoms with E-state index in [0.717, 1.165) is 34.3 Å². The van der Waals surface area contributed by atoms with Gasteiger partial charge in [-0.15, -0.1) is 0 Å². The number of carbonyl (C=O) groups is 2. The Morgan fingerprint density at radius 1 is 1.13 bits per heavy atom. The summed E-state index contributed by atoms with van der Waals surface area (Å²) in [4.78, 5) is 24.2. The lowest BCUT2D eigenvalue weighted by molar-refractivity contribution is -0.141. The number of hydrazone groups is 1. The van der Waals surface area contributed by atoms with Crippen molar-refractivity contribution in [3.8, 4) is 5.75 Å². The van der Waals surface area contributed by atoms with Crippen LogP contribution in [0.4, 0.5) is 0 Å². The number of esters is 1. The molecule has 0 fully saturated rings. The van der Waals surface area contributed by atoms with E-state index in [1.165, 1.54) is 7.11 Å². The minimum Gasteiger partial charge on any atom is -0.494 e. The Morgan fingerprint density at radius 2 is 1.87 bits per heavy atom. The van der Waals surface area contributed by atoms with Gasteiger partial charge in [-0.25, -0.2) is 5.43 Å². The lowest BCUT2D eigenvalue weighted by Gasteiger charge is -2.06. The largest absolute Gasteiger partial charge is 0.494 e. The van der Waals surface area contributed by atoms with Crippen LogP contribution in [0, 0.1) is 6.92 Å². The highest BCUT2D eigenvalue weighted by molar-refractivity contribution is 6.02. The first-order valence-corrected chi connectivity index (χ1v) is 9.76. The third-order valence-corrected chi connectivity index (χ3v) is 4.74. The first-order valence-electron chi connectivity index (χ1n) is 9.76. The molecule has 0 aliphatic carbocycles. The van der Waals surface area contributed by atoms with Gasteiger partial charge in [-0.2, -0.15) is 5.10 Å². The Morgan fingerprint density at radius 3 is 2.57 bits per heavy atom. The first kappa shape index (κ1) is 21.1. The lowest BCUT2D eigenvalue weighted by atomic mass is 10.1. The van der Waals surface area contributed by atoms with Crippen molar-refractivity contribution >= 4 is 29.0 Å². The van der Waals surface area contributed by atoms with E-state index in [-0.39, 0.29) is 18.4 Å². The third kappa shape index (κ3) is 4.68. The summed E-state index contributed by atoms with van der Waals surface area (Å²) in [6, 6.07) is 14.6. The maximum atomic E-state index is 12.4. The van der Waals surface area contributed by atoms with E-state index in [2.05, 4.69) is 10.5 Å². The summed E-state index contributed by atoms with van der Waals surface area (Å²) in [5.74, 6) is 0.0807. The maximum Gasteiger partial charge on any atom is 0.325 e. The number of carbonyl (C=O) groups excluding carboxylic acids is 2. The van der Waals surface area contributed by atoms with Crippen LogP contribution in [0.1, 0.15) is 35.0 Å². The second-order valence-electron chi connectivity index (χ2n) is 6.75. The van der Waals surface area contributed by atoms with Gasteiger partial charge in [0.15, 0.2) is 0 Å². The molecular weight excluding hydrogens is 382 g/mol. The van der Waals surface area contributed by atoms with Gasteiger partial charge in [0.25, 0.3) is 5.91 Å². The molecule has 0 bridgehead atoms. The number of ether oxygens (including phenoxy) is 2. The van der Waals surface area contributed by atoms with Crippen LogP contribution in [0.2, 0.25) is 0 Å². The molecule has 7 heteroatoms. The van der Waals surface area contributed by atoms with E-state index in [9.17, 15) is 9.59 Å². The van der Waals surface area contributed by atoms with E-state index >= 15 is 0 Å². The summed E-state index contributed by atoms with van der Waals surface area (Å²) >= 11 is 0. The van der Waals surface area contributed by atoms with Crippen LogP contribution in [0.3, 0.4) is 0 Å². The minimum atomic E-state index is -0.331. The molecule has 1 aromatic heterocycles. The number of fused-ring (bicyclic) bond motifs is 1. The van der Waals surface area contributed by atoms with Gasteiger partial charge < -0.3 is 14.0 Å². The normalized spacial score (nSPS) is 11.0. The van der Waals surface area contributed by atoms with Crippen LogP contribution >= 0.6 is 0 Å². The Balaban J connectivity index is 1.76. The number of rotatable bonds is 8. The number of nitrogens with zero attached hydrogens (tertiary/aromatic N) is 2. The Hall–Kier alpha value is -3.61. The molecular formula is C23H25N3O4. The van der Waals surface area contributed by atoms with Gasteiger partial charge in [-0.3, -0.25) is 9.59 Å². The van der Waals surface area contributed by atoms with Crippen LogP contribution in [0.5, 0.6) is 5.75 Å². The molecule has 3 aromatic rings. The molecule has 0 saturated carbocycles. The number of benzene rings is 2. The van der Waals surface area contributed by atoms with Crippen molar-refractivity contribution < 1.29 is 19.1 Å². The average Bonchev–Trinajstić information content (AvgIpc) is 3.03. The predicted octanol–water partition coefficient (Wildman–Crippen LogP) is 3.68. The van der Waals surface area contributed by atoms with E-state index in [0.29, 0.717) is 12.2 Å². The topological polar surface area (TPSA) is 81.9 Å². The van der Waals surface area contributed by atoms with Crippen LogP contribution in [-0.4, -0.2) is 36.4 Å². The fourth-order valence-electron chi connectivity index (χ4n) is 3.16. The number of methoxy groups -OCH3 is 1. The zero-order valence-corrected chi connectivity index (χ0v) is 17.3. The Labute approximate surface area is 175 Å². The standard InChI is InChI=1S/C23H25N3O4/c1-4-13-30-18-11-9-17(10-12-18)23(28)25-24-14-20-16(2)26(15-22(27)29-3)21-8-6-5-7-19(20)21/h5-12,14H,4,13,15H2,1-3H3,(H,25,28)/b24-14-. The van der Waals surface area contributed by atoms with E-state index in [1.807, 2.05) is 42.7 Å². The van der Waals surface area contributed by atoms with E-state index in [4.69, 9.17) is 9.47 Å². The summed E-state index contributed by atoms with van der Waals surface area (Å²) in [7, 11) is 1.36. The number of aromatic nitrogens is 1. The highest BCUT2D eigenvalue weighted by atomic mass is 16.5. The Bertz CT molecular complexity index is 1070. The highest BCUT2D eigenvalue weighted by Crippen LogP contribution is 2.24. The monoisotopic (exact) mass is 407 g/mol. The molecule has 1 amide bonds. The van der Waals surface area contributed by atoms with Crippen molar-refractivity contribution in [3.63, 3.8) is 0 Å². The summed E-state index contributed by atoms with van der Waals surface area (Å²) in [5.41, 5.74) is 5.63. The highest BCUT2D eigenvalue weighted by Gasteiger charge is 2.15. The molecule has 2 aromatic carbocycles. The zero-order chi connectivity index (χ0) is 21.5. The number of amides is 1. The van der Waals surface area contributed by atoms with Crippen molar-refractivity contribution in [2.24, 2.45) is 5.10 Å². The lowest BCUT2D eigenvalue weighted by Crippen LogP contribution is -2.17. The van der Waals surface area contributed by atoms with Crippen molar-refractivity contribution in [1.82, 2.24) is 9.99 Å². The predicted molar refractivity (Wildman–Crippen MR) is 116 cm³/mol. The molecule has 156 valence electrons. The quantitative estimate of drug-likeness (QED) is 0.351. The van der Waals surface area contributed by atoms with Gasteiger partial charge in [0.1, 0.15) is 12.3 Å². The number of para-hydroxylation sites is 1. The van der Waals surface area contributed by atoms with E-state index in [1.54, 1.807) is 30.5 Å². The molecule has 0 saturated heterocycles. The Kier molecular flexibility index (Phi) is 6.85. The number of hydrogen-bond donors (Lipinski definition) is 1. The first-order chi connectivity index (χ1) is 14.5. The molecule has 30 heavy (non-hydrogen) atoms. The third-order valence-electron chi connectivity index (χ3n) is 4.74.